The molecule has 0 aliphatic heterocycles. The number of fused-ring (bicyclic) bond motifs is 3. The quantitative estimate of drug-likeness (QED) is 0.637. The topological polar surface area (TPSA) is 43.7 Å². The first-order chi connectivity index (χ1) is 14.2. The Labute approximate surface area is 172 Å². The first-order valence-corrected chi connectivity index (χ1v) is 9.97. The summed E-state index contributed by atoms with van der Waals surface area (Å²) in [5.41, 5.74) is 4.12. The number of nitrogens with zero attached hydrogens (tertiary/aromatic N) is 1. The lowest BCUT2D eigenvalue weighted by Crippen LogP contribution is -2.27. The Morgan fingerprint density at radius 1 is 0.759 bits per heavy atom. The van der Waals surface area contributed by atoms with Gasteiger partial charge >= 0.3 is 0 Å². The van der Waals surface area contributed by atoms with E-state index in [4.69, 9.17) is 0 Å². The number of rotatable bonds is 6. The Bertz CT molecular complexity index is 988. The van der Waals surface area contributed by atoms with Crippen molar-refractivity contribution in [2.75, 3.05) is 19.7 Å². The summed E-state index contributed by atoms with van der Waals surface area (Å²) in [5, 5.41) is 20.9. The first-order valence-electron chi connectivity index (χ1n) is 9.97. The molecular formula is C26H25NO2. The molecule has 0 amide bonds. The van der Waals surface area contributed by atoms with E-state index in [1.54, 1.807) is 0 Å². The number of benzene rings is 3. The molecule has 1 aliphatic carbocycles. The maximum atomic E-state index is 11.5. The van der Waals surface area contributed by atoms with E-state index in [9.17, 15) is 10.2 Å². The van der Waals surface area contributed by atoms with Crippen molar-refractivity contribution in [3.63, 3.8) is 0 Å². The van der Waals surface area contributed by atoms with Crippen LogP contribution in [0.3, 0.4) is 0 Å². The molecule has 4 rings (SSSR count). The molecule has 1 aliphatic rings. The van der Waals surface area contributed by atoms with Gasteiger partial charge in [0.15, 0.2) is 0 Å². The van der Waals surface area contributed by atoms with Crippen molar-refractivity contribution in [2.45, 2.75) is 18.6 Å². The highest BCUT2D eigenvalue weighted by atomic mass is 16.3. The molecule has 0 atom stereocenters. The molecule has 29 heavy (non-hydrogen) atoms. The van der Waals surface area contributed by atoms with Gasteiger partial charge in [-0.2, -0.15) is 0 Å². The van der Waals surface area contributed by atoms with Gasteiger partial charge in [-0.1, -0.05) is 90.7 Å². The van der Waals surface area contributed by atoms with Crippen LogP contribution in [0, 0.1) is 11.8 Å². The Balaban J connectivity index is 1.51. The van der Waals surface area contributed by atoms with E-state index in [0.29, 0.717) is 19.5 Å². The average molecular weight is 383 g/mol. The fourth-order valence-corrected chi connectivity index (χ4v) is 4.05. The monoisotopic (exact) mass is 383 g/mol. The molecule has 146 valence electrons. The number of hydrogen-bond donors (Lipinski definition) is 2. The SMILES string of the molecule is OCCN(CC#CCC1(O)c2ccccc2-c2ccccc21)Cc1ccccc1. The zero-order chi connectivity index (χ0) is 20.1. The Hall–Kier alpha value is -2.90. The minimum atomic E-state index is -1.08. The van der Waals surface area contributed by atoms with Gasteiger partial charge in [-0.15, -0.1) is 0 Å². The molecule has 2 N–H and O–H groups in total. The minimum absolute atomic E-state index is 0.0964. The molecule has 3 nitrogen and oxygen atoms in total. The van der Waals surface area contributed by atoms with E-state index in [-0.39, 0.29) is 6.61 Å². The minimum Gasteiger partial charge on any atom is -0.395 e. The second-order valence-corrected chi connectivity index (χ2v) is 7.40. The van der Waals surface area contributed by atoms with Crippen molar-refractivity contribution in [2.24, 2.45) is 0 Å². The lowest BCUT2D eigenvalue weighted by molar-refractivity contribution is 0.0914. The Morgan fingerprint density at radius 2 is 1.34 bits per heavy atom. The van der Waals surface area contributed by atoms with Gasteiger partial charge in [-0.3, -0.25) is 4.90 Å². The second-order valence-electron chi connectivity index (χ2n) is 7.40. The summed E-state index contributed by atoms with van der Waals surface area (Å²) in [6.45, 7) is 1.96. The fraction of sp³-hybridized carbons (Fsp3) is 0.231. The molecule has 3 aromatic rings. The van der Waals surface area contributed by atoms with Crippen LogP contribution in [0.15, 0.2) is 78.9 Å². The van der Waals surface area contributed by atoms with Gasteiger partial charge in [0, 0.05) is 19.5 Å². The van der Waals surface area contributed by atoms with E-state index in [2.05, 4.69) is 41.0 Å². The molecule has 0 fully saturated rings. The number of aliphatic hydroxyl groups excluding tert-OH is 1. The van der Waals surface area contributed by atoms with Crippen LogP contribution in [0.2, 0.25) is 0 Å². The molecule has 3 heteroatoms. The van der Waals surface area contributed by atoms with Crippen molar-refractivity contribution in [3.8, 4) is 23.0 Å². The zero-order valence-corrected chi connectivity index (χ0v) is 16.4. The summed E-state index contributed by atoms with van der Waals surface area (Å²) in [6.07, 6.45) is 0.347. The summed E-state index contributed by atoms with van der Waals surface area (Å²) in [4.78, 5) is 2.11. The van der Waals surface area contributed by atoms with Gasteiger partial charge in [0.25, 0.3) is 0 Å². The largest absolute Gasteiger partial charge is 0.395 e. The Morgan fingerprint density at radius 3 is 1.97 bits per heavy atom. The van der Waals surface area contributed by atoms with Crippen LogP contribution >= 0.6 is 0 Å². The maximum Gasteiger partial charge on any atom is 0.127 e. The standard InChI is InChI=1S/C26H25NO2/c28-19-18-27(20-21-10-2-1-3-11-21)17-9-8-16-26(29)24-14-6-4-12-22(24)23-13-5-7-15-25(23)26/h1-7,10-15,28-29H,16-20H2. The zero-order valence-electron chi connectivity index (χ0n) is 16.4. The first kappa shape index (κ1) is 19.4. The fourth-order valence-electron chi connectivity index (χ4n) is 4.05. The van der Waals surface area contributed by atoms with Crippen LogP contribution in [0.1, 0.15) is 23.1 Å². The molecule has 0 spiro atoms. The van der Waals surface area contributed by atoms with Crippen LogP contribution in [-0.4, -0.2) is 34.8 Å². The van der Waals surface area contributed by atoms with E-state index < -0.39 is 5.60 Å². The van der Waals surface area contributed by atoms with Crippen LogP contribution in [0.5, 0.6) is 0 Å². The van der Waals surface area contributed by atoms with Gasteiger partial charge in [0.05, 0.1) is 13.2 Å². The summed E-state index contributed by atoms with van der Waals surface area (Å²) < 4.78 is 0. The van der Waals surface area contributed by atoms with Crippen LogP contribution in [0.4, 0.5) is 0 Å². The lowest BCUT2D eigenvalue weighted by Gasteiger charge is -2.23. The summed E-state index contributed by atoms with van der Waals surface area (Å²) >= 11 is 0. The number of aliphatic hydroxyl groups is 2. The third-order valence-electron chi connectivity index (χ3n) is 5.47. The predicted molar refractivity (Wildman–Crippen MR) is 116 cm³/mol. The molecule has 0 radical (unpaired) electrons. The average Bonchev–Trinajstić information content (AvgIpc) is 3.02. The van der Waals surface area contributed by atoms with Gasteiger partial charge in [-0.05, 0) is 27.8 Å². The van der Waals surface area contributed by atoms with Crippen LogP contribution in [-0.2, 0) is 12.1 Å². The van der Waals surface area contributed by atoms with Crippen molar-refractivity contribution in [1.82, 2.24) is 4.90 Å². The molecule has 3 aromatic carbocycles. The van der Waals surface area contributed by atoms with E-state index in [0.717, 1.165) is 28.8 Å². The van der Waals surface area contributed by atoms with Crippen molar-refractivity contribution in [3.05, 3.63) is 95.6 Å². The highest BCUT2D eigenvalue weighted by Gasteiger charge is 2.40. The molecule has 0 unspecified atom stereocenters. The van der Waals surface area contributed by atoms with E-state index >= 15 is 0 Å². The van der Waals surface area contributed by atoms with E-state index in [1.165, 1.54) is 5.56 Å². The smallest absolute Gasteiger partial charge is 0.127 e. The molecule has 0 heterocycles. The molecular weight excluding hydrogens is 358 g/mol. The number of hydrogen-bond acceptors (Lipinski definition) is 3. The normalized spacial score (nSPS) is 13.5. The third-order valence-corrected chi connectivity index (χ3v) is 5.47. The summed E-state index contributed by atoms with van der Waals surface area (Å²) in [7, 11) is 0. The lowest BCUT2D eigenvalue weighted by atomic mass is 9.88. The van der Waals surface area contributed by atoms with Gasteiger partial charge < -0.3 is 10.2 Å². The molecule has 0 bridgehead atoms. The maximum absolute atomic E-state index is 11.5. The van der Waals surface area contributed by atoms with Crippen molar-refractivity contribution < 1.29 is 10.2 Å². The summed E-state index contributed by atoms with van der Waals surface area (Å²) in [5.74, 6) is 6.41. The third kappa shape index (κ3) is 3.97. The summed E-state index contributed by atoms with van der Waals surface area (Å²) in [6, 6.07) is 26.2. The molecule has 0 aromatic heterocycles. The van der Waals surface area contributed by atoms with Crippen molar-refractivity contribution >= 4 is 0 Å². The van der Waals surface area contributed by atoms with Crippen molar-refractivity contribution in [1.29, 1.82) is 0 Å². The molecule has 0 saturated heterocycles. The Kier molecular flexibility index (Phi) is 5.78. The molecule has 0 saturated carbocycles. The predicted octanol–water partition coefficient (Wildman–Crippen LogP) is 3.79. The van der Waals surface area contributed by atoms with Gasteiger partial charge in [-0.25, -0.2) is 0 Å². The van der Waals surface area contributed by atoms with Crippen LogP contribution in [0.25, 0.3) is 11.1 Å². The highest BCUT2D eigenvalue weighted by Crippen LogP contribution is 2.48. The second kappa shape index (κ2) is 8.63. The van der Waals surface area contributed by atoms with Crippen LogP contribution < -0.4 is 0 Å². The highest BCUT2D eigenvalue weighted by molar-refractivity contribution is 5.80. The van der Waals surface area contributed by atoms with Gasteiger partial charge in [0.2, 0.25) is 0 Å². The van der Waals surface area contributed by atoms with Gasteiger partial charge in [0.1, 0.15) is 5.60 Å². The van der Waals surface area contributed by atoms with E-state index in [1.807, 2.05) is 54.6 Å².